The highest BCUT2D eigenvalue weighted by Crippen LogP contribution is 2.51. The van der Waals surface area contributed by atoms with Crippen molar-refractivity contribution in [3.63, 3.8) is 0 Å². The van der Waals surface area contributed by atoms with Gasteiger partial charge in [0.25, 0.3) is 0 Å². The molecule has 0 aromatic heterocycles. The quantitative estimate of drug-likeness (QED) is 0.593. The van der Waals surface area contributed by atoms with E-state index in [1.54, 1.807) is 0 Å². The lowest BCUT2D eigenvalue weighted by Crippen LogP contribution is -2.61. The smallest absolute Gasteiger partial charge is 0.330 e. The minimum absolute atomic E-state index is 0.184. The van der Waals surface area contributed by atoms with Crippen molar-refractivity contribution in [1.29, 1.82) is 0 Å². The number of nitrogens with two attached hydrogens (primary N) is 1. The lowest BCUT2D eigenvalue weighted by molar-refractivity contribution is -0.147. The molecule has 1 amide bonds. The highest BCUT2D eigenvalue weighted by atomic mass is 32.2. The fourth-order valence-electron chi connectivity index (χ4n) is 2.74. The number of hydrogen-bond donors (Lipinski definition) is 3. The molecule has 0 bridgehead atoms. The van der Waals surface area contributed by atoms with Crippen LogP contribution in [0.25, 0.3) is 0 Å². The Labute approximate surface area is 117 Å². The number of nitrogens with one attached hydrogen (secondary N) is 1. The van der Waals surface area contributed by atoms with Crippen molar-refractivity contribution in [2.24, 2.45) is 17.6 Å². The molecule has 1 saturated heterocycles. The number of hydrogen-bond acceptors (Lipinski definition) is 5. The van der Waals surface area contributed by atoms with Gasteiger partial charge in [-0.3, -0.25) is 4.79 Å². The molecule has 2 fully saturated rings. The molecule has 4 N–H and O–H groups in total. The molecule has 0 unspecified atom stereocenters. The van der Waals surface area contributed by atoms with Gasteiger partial charge in [-0.15, -0.1) is 0 Å². The summed E-state index contributed by atoms with van der Waals surface area (Å²) < 4.78 is 23.6. The third-order valence-electron chi connectivity index (χ3n) is 3.81. The van der Waals surface area contributed by atoms with Crippen LogP contribution in [-0.2, 0) is 19.4 Å². The van der Waals surface area contributed by atoms with Crippen LogP contribution in [0.2, 0.25) is 0 Å². The van der Waals surface area contributed by atoms with E-state index in [1.807, 2.05) is 13.8 Å². The predicted molar refractivity (Wildman–Crippen MR) is 71.3 cm³/mol. The maximum absolute atomic E-state index is 12.0. The summed E-state index contributed by atoms with van der Waals surface area (Å²) in [6, 6.07) is -0.841. The van der Waals surface area contributed by atoms with E-state index in [1.165, 1.54) is 6.42 Å². The molecule has 1 heterocycles. The van der Waals surface area contributed by atoms with E-state index in [9.17, 15) is 23.1 Å². The van der Waals surface area contributed by atoms with Crippen LogP contribution in [-0.4, -0.2) is 48.0 Å². The standard InChI is InChI=1S/C12H19N2O5S/c1-6(2)3-8(13)10(15)14-12(11(16)17)5-20(18,19)9-4-7(9)12/h4,6-9H,3,5,13H2,1-2H3,(H,14,15)(H,16,17)/t7-,8+,9+,12+/m1/s1. The van der Waals surface area contributed by atoms with E-state index < -0.39 is 50.2 Å². The molecule has 2 rings (SSSR count). The molecule has 2 aliphatic rings. The zero-order valence-corrected chi connectivity index (χ0v) is 12.2. The van der Waals surface area contributed by atoms with Gasteiger partial charge in [0.15, 0.2) is 15.4 Å². The van der Waals surface area contributed by atoms with Gasteiger partial charge in [0.2, 0.25) is 5.91 Å². The Balaban J connectivity index is 2.17. The fourth-order valence-corrected chi connectivity index (χ4v) is 5.05. The average molecular weight is 303 g/mol. The largest absolute Gasteiger partial charge is 0.479 e. The third-order valence-corrected chi connectivity index (χ3v) is 5.95. The Morgan fingerprint density at radius 3 is 2.45 bits per heavy atom. The van der Waals surface area contributed by atoms with E-state index in [0.717, 1.165) is 0 Å². The molecule has 1 saturated carbocycles. The zero-order valence-electron chi connectivity index (χ0n) is 11.4. The molecule has 1 radical (unpaired) electrons. The summed E-state index contributed by atoms with van der Waals surface area (Å²) in [7, 11) is -3.49. The Bertz CT molecular complexity index is 544. The number of rotatable bonds is 5. The Morgan fingerprint density at radius 2 is 2.10 bits per heavy atom. The highest BCUT2D eigenvalue weighted by Gasteiger charge is 2.71. The van der Waals surface area contributed by atoms with Crippen LogP contribution in [0.3, 0.4) is 0 Å². The first-order valence-electron chi connectivity index (χ1n) is 6.47. The molecule has 7 nitrogen and oxygen atoms in total. The molecular weight excluding hydrogens is 284 g/mol. The number of amides is 1. The molecule has 0 aromatic rings. The van der Waals surface area contributed by atoms with Gasteiger partial charge in [0.05, 0.1) is 17.0 Å². The summed E-state index contributed by atoms with van der Waals surface area (Å²) >= 11 is 0. The summed E-state index contributed by atoms with van der Waals surface area (Å²) in [5, 5.41) is 11.0. The zero-order chi connectivity index (χ0) is 15.3. The SMILES string of the molecule is CC(C)C[C@H](N)C(=O)N[C@@]1(C(=O)O)CS(=O)(=O)[C@H]2[CH][C@H]21. The van der Waals surface area contributed by atoms with Crippen LogP contribution < -0.4 is 11.1 Å². The number of carboxylic acids is 1. The van der Waals surface area contributed by atoms with Gasteiger partial charge in [0.1, 0.15) is 0 Å². The van der Waals surface area contributed by atoms with E-state index in [-0.39, 0.29) is 5.92 Å². The van der Waals surface area contributed by atoms with Gasteiger partial charge >= 0.3 is 5.97 Å². The van der Waals surface area contributed by atoms with Crippen LogP contribution >= 0.6 is 0 Å². The van der Waals surface area contributed by atoms with Crippen LogP contribution in [0, 0.1) is 18.3 Å². The third kappa shape index (κ3) is 2.42. The molecule has 1 aliphatic carbocycles. The number of aliphatic carboxylic acids is 1. The monoisotopic (exact) mass is 303 g/mol. The second-order valence-corrected chi connectivity index (χ2v) is 8.15. The first-order chi connectivity index (χ1) is 9.10. The lowest BCUT2D eigenvalue weighted by atomic mass is 9.94. The summed E-state index contributed by atoms with van der Waals surface area (Å²) in [5.41, 5.74) is 3.96. The molecule has 0 aromatic carbocycles. The second kappa shape index (κ2) is 4.70. The molecule has 113 valence electrons. The topological polar surface area (TPSA) is 127 Å². The summed E-state index contributed by atoms with van der Waals surface area (Å²) in [5.74, 6) is -2.98. The van der Waals surface area contributed by atoms with Crippen molar-refractivity contribution >= 4 is 21.7 Å². The molecule has 1 aliphatic heterocycles. The second-order valence-electron chi connectivity index (χ2n) is 5.99. The highest BCUT2D eigenvalue weighted by molar-refractivity contribution is 7.93. The number of carboxylic acid groups (broad SMARTS) is 1. The molecule has 4 atom stereocenters. The first-order valence-corrected chi connectivity index (χ1v) is 8.19. The van der Waals surface area contributed by atoms with Crippen molar-refractivity contribution in [3.05, 3.63) is 6.42 Å². The van der Waals surface area contributed by atoms with Crippen molar-refractivity contribution < 1.29 is 23.1 Å². The minimum Gasteiger partial charge on any atom is -0.479 e. The van der Waals surface area contributed by atoms with Crippen molar-refractivity contribution in [1.82, 2.24) is 5.32 Å². The molecule has 8 heteroatoms. The van der Waals surface area contributed by atoms with Crippen LogP contribution in [0.4, 0.5) is 0 Å². The summed E-state index contributed by atoms with van der Waals surface area (Å²) in [6.45, 7) is 3.79. The van der Waals surface area contributed by atoms with Gasteiger partial charge < -0.3 is 16.2 Å². The van der Waals surface area contributed by atoms with Gasteiger partial charge in [0, 0.05) is 5.92 Å². The average Bonchev–Trinajstić information content (AvgIpc) is 3.03. The lowest BCUT2D eigenvalue weighted by Gasteiger charge is -2.28. The van der Waals surface area contributed by atoms with Crippen molar-refractivity contribution in [2.45, 2.75) is 37.1 Å². The number of sulfone groups is 1. The molecule has 0 spiro atoms. The van der Waals surface area contributed by atoms with Gasteiger partial charge in [-0.05, 0) is 18.8 Å². The van der Waals surface area contributed by atoms with E-state index in [0.29, 0.717) is 6.42 Å². The van der Waals surface area contributed by atoms with Gasteiger partial charge in [-0.2, -0.15) is 0 Å². The van der Waals surface area contributed by atoms with Crippen LogP contribution in [0.1, 0.15) is 20.3 Å². The number of fused-ring (bicyclic) bond motifs is 1. The Morgan fingerprint density at radius 1 is 1.50 bits per heavy atom. The molecule has 20 heavy (non-hydrogen) atoms. The van der Waals surface area contributed by atoms with Crippen LogP contribution in [0.15, 0.2) is 0 Å². The predicted octanol–water partition coefficient (Wildman–Crippen LogP) is -1.07. The summed E-state index contributed by atoms with van der Waals surface area (Å²) in [4.78, 5) is 23.5. The first kappa shape index (κ1) is 15.2. The van der Waals surface area contributed by atoms with Crippen molar-refractivity contribution in [3.8, 4) is 0 Å². The van der Waals surface area contributed by atoms with Gasteiger partial charge in [-0.25, -0.2) is 13.2 Å². The minimum atomic E-state index is -3.49. The van der Waals surface area contributed by atoms with Gasteiger partial charge in [-0.1, -0.05) is 13.8 Å². The van der Waals surface area contributed by atoms with E-state index >= 15 is 0 Å². The fraction of sp³-hybridized carbons (Fsp3) is 0.750. The normalized spacial score (nSPS) is 35.4. The Kier molecular flexibility index (Phi) is 3.58. The van der Waals surface area contributed by atoms with E-state index in [2.05, 4.69) is 5.32 Å². The van der Waals surface area contributed by atoms with Crippen LogP contribution in [0.5, 0.6) is 0 Å². The number of carbonyl (C=O) groups is 2. The number of carbonyl (C=O) groups excluding carboxylic acids is 1. The van der Waals surface area contributed by atoms with Crippen molar-refractivity contribution in [2.75, 3.05) is 5.75 Å². The Hall–Kier alpha value is -1.15. The maximum atomic E-state index is 12.0. The van der Waals surface area contributed by atoms with E-state index in [4.69, 9.17) is 5.73 Å². The maximum Gasteiger partial charge on any atom is 0.330 e. The summed E-state index contributed by atoms with van der Waals surface area (Å²) in [6.07, 6.45) is 1.85. The molecular formula is C12H19N2O5S.